The third-order valence-corrected chi connectivity index (χ3v) is 8.15. The van der Waals surface area contributed by atoms with Gasteiger partial charge in [-0.25, -0.2) is 34.1 Å². The smallest absolute Gasteiger partial charge is 0.870 e. The molecule has 0 heterocycles. The molecule has 3 atom stereocenters. The number of aromatic carboxylic acids is 1. The predicted octanol–water partition coefficient (Wildman–Crippen LogP) is 5.54. The number of hydrogen-bond donors (Lipinski definition) is 1. The van der Waals surface area contributed by atoms with Crippen molar-refractivity contribution in [1.29, 1.82) is 0 Å². The van der Waals surface area contributed by atoms with Gasteiger partial charge in [-0.1, -0.05) is 78.0 Å². The van der Waals surface area contributed by atoms with Crippen LogP contribution in [0.1, 0.15) is 80.9 Å². The topological polar surface area (TPSA) is 164 Å². The van der Waals surface area contributed by atoms with Gasteiger partial charge in [-0.15, -0.1) is 29.5 Å². The van der Waals surface area contributed by atoms with E-state index in [1.54, 1.807) is 60.7 Å². The number of alkyl halides is 2. The van der Waals surface area contributed by atoms with Gasteiger partial charge in [-0.3, -0.25) is 0 Å². The molecular weight excluding hydrogens is 818 g/mol. The fourth-order valence-corrected chi connectivity index (χ4v) is 4.42. The minimum atomic E-state index is -0.949. The van der Waals surface area contributed by atoms with Gasteiger partial charge < -0.3 is 40.1 Å². The molecular formula is C36H47BrClLiN3O8P3. The van der Waals surface area contributed by atoms with E-state index in [2.05, 4.69) is 53.1 Å². The first-order valence-corrected chi connectivity index (χ1v) is 18.7. The van der Waals surface area contributed by atoms with E-state index in [9.17, 15) is 14.4 Å². The molecule has 0 bridgehead atoms. The quantitative estimate of drug-likeness (QED) is 0.107. The monoisotopic (exact) mass is 863 g/mol. The van der Waals surface area contributed by atoms with E-state index in [0.717, 1.165) is 36.6 Å². The Labute approximate surface area is 346 Å². The zero-order valence-corrected chi connectivity index (χ0v) is 35.3. The Hall–Kier alpha value is -2.88. The molecule has 2 aliphatic rings. The molecule has 0 aromatic heterocycles. The molecule has 0 saturated heterocycles. The number of carboxylic acids is 1. The number of ether oxygens (including phenoxy) is 2. The summed E-state index contributed by atoms with van der Waals surface area (Å²) in [5.74, 6) is -0.990. The van der Waals surface area contributed by atoms with Gasteiger partial charge in [0.1, 0.15) is 0 Å². The Kier molecular flexibility index (Phi) is 35.3. The van der Waals surface area contributed by atoms with Crippen molar-refractivity contribution in [3.05, 3.63) is 140 Å². The summed E-state index contributed by atoms with van der Waals surface area (Å²) in [5, 5.41) is 9.85. The molecule has 5 rings (SSSR count). The van der Waals surface area contributed by atoms with Crippen LogP contribution in [0.15, 0.2) is 72.8 Å². The number of carbonyl (C=O) groups is 3. The van der Waals surface area contributed by atoms with E-state index < -0.39 is 17.0 Å². The molecule has 53 heavy (non-hydrogen) atoms. The fourth-order valence-electron chi connectivity index (χ4n) is 4.42. The predicted molar refractivity (Wildman–Crippen MR) is 222 cm³/mol. The van der Waals surface area contributed by atoms with Gasteiger partial charge in [0, 0.05) is 42.5 Å². The third kappa shape index (κ3) is 17.9. The number of hydrogen-bond acceptors (Lipinski definition) is 6. The second-order valence-corrected chi connectivity index (χ2v) is 11.2. The van der Waals surface area contributed by atoms with E-state index in [0.29, 0.717) is 28.1 Å². The molecule has 0 amide bonds. The van der Waals surface area contributed by atoms with E-state index in [-0.39, 0.29) is 71.2 Å². The average Bonchev–Trinajstić information content (AvgIpc) is 4.09. The van der Waals surface area contributed by atoms with Gasteiger partial charge >= 0.3 is 36.8 Å². The molecule has 2 fully saturated rings. The van der Waals surface area contributed by atoms with E-state index >= 15 is 0 Å². The van der Waals surface area contributed by atoms with Crippen LogP contribution in [0.4, 0.5) is 0 Å². The average molecular weight is 865 g/mol. The third-order valence-electron chi connectivity index (χ3n) is 7.11. The maximum Gasteiger partial charge on any atom is 1.00 e. The second-order valence-electron chi connectivity index (χ2n) is 10.0. The van der Waals surface area contributed by atoms with Gasteiger partial charge in [0.2, 0.25) is 6.54 Å². The molecule has 284 valence electrons. The van der Waals surface area contributed by atoms with Crippen LogP contribution >= 0.6 is 55.3 Å². The van der Waals surface area contributed by atoms with Crippen LogP contribution in [0.5, 0.6) is 0 Å². The van der Waals surface area contributed by atoms with E-state index in [1.807, 2.05) is 12.1 Å². The Morgan fingerprint density at radius 1 is 0.792 bits per heavy atom. The molecule has 4 N–H and O–H groups in total. The standard InChI is InChI=1S/C12H11NO2.C11H9NO2.C10H9NO2.C2H4BrCl.CH4.Li.2H2O.H4P2.H3P/c1-13-12(7-8-12)10-6-4-3-5-9(10)11(14)15-2;1-12-11(6-7-11)9-5-3-2-4-8(9)10(13)14;1-11-7-8-5-3-4-6-9(8)10(12)13-2;3-1-2-4;;;;;1-2;/h3-6H,7-8H2,2H3;2-5H,6-7H2,(H,13,14);3-6H,7H2,2H3;1-2H2;1H4;;2*1H2;1-2H2;1H3/q;;;;;+1;;;;/p-1. The minimum absolute atomic E-state index is 0. The number of carboxylic acid groups (broad SMARTS) is 1. The molecule has 2 saturated carbocycles. The van der Waals surface area contributed by atoms with Crippen LogP contribution in [-0.2, 0) is 27.1 Å². The van der Waals surface area contributed by atoms with Crippen molar-refractivity contribution in [3.63, 3.8) is 0 Å². The van der Waals surface area contributed by atoms with Crippen molar-refractivity contribution in [1.82, 2.24) is 0 Å². The van der Waals surface area contributed by atoms with Gasteiger partial charge in [-0.05, 0) is 18.2 Å². The summed E-state index contributed by atoms with van der Waals surface area (Å²) in [5.41, 5.74) is 2.47. The Balaban J connectivity index is -0.000000194. The zero-order valence-electron chi connectivity index (χ0n) is 29.3. The largest absolute Gasteiger partial charge is 1.00 e. The van der Waals surface area contributed by atoms with Crippen LogP contribution in [0.3, 0.4) is 0 Å². The van der Waals surface area contributed by atoms with Crippen LogP contribution in [0.2, 0.25) is 0 Å². The summed E-state index contributed by atoms with van der Waals surface area (Å²) in [6, 6.07) is 20.9. The normalized spacial score (nSPS) is 12.1. The van der Waals surface area contributed by atoms with Gasteiger partial charge in [0.15, 0.2) is 0 Å². The van der Waals surface area contributed by atoms with Crippen molar-refractivity contribution in [2.45, 2.75) is 50.7 Å². The summed E-state index contributed by atoms with van der Waals surface area (Å²) in [6.07, 6.45) is 3.23. The fraction of sp³-hybridized carbons (Fsp3) is 0.333. The van der Waals surface area contributed by atoms with Crippen LogP contribution in [0, 0.1) is 19.7 Å². The molecule has 2 aliphatic carbocycles. The number of rotatable bonds is 7. The second kappa shape index (κ2) is 31.5. The number of esters is 2. The van der Waals surface area contributed by atoms with Crippen LogP contribution in [-0.4, -0.2) is 59.4 Å². The maximum absolute atomic E-state index is 11.5. The van der Waals surface area contributed by atoms with Crippen LogP contribution < -0.4 is 18.9 Å². The van der Waals surface area contributed by atoms with Gasteiger partial charge in [0.25, 0.3) is 11.1 Å². The van der Waals surface area contributed by atoms with Crippen molar-refractivity contribution in [2.75, 3.05) is 25.4 Å². The SMILES string of the molecule is C.ClCCBr.O.P.PP.[C-]#[N+]C1(c2ccccc2C(=O)O)CC1.[C-]#[N+]C1(c2ccccc2C(=O)OC)CC1.[C-]#[N+]Cc1ccccc1C(=O)OC.[Li+].[OH-]. The summed E-state index contributed by atoms with van der Waals surface area (Å²) < 4.78 is 9.28. The Morgan fingerprint density at radius 3 is 1.47 bits per heavy atom. The molecule has 3 aromatic rings. The van der Waals surface area contributed by atoms with Crippen molar-refractivity contribution < 1.29 is 58.8 Å². The molecule has 11 nitrogen and oxygen atoms in total. The van der Waals surface area contributed by atoms with E-state index in [4.69, 9.17) is 41.2 Å². The van der Waals surface area contributed by atoms with Crippen molar-refractivity contribution >= 4 is 73.2 Å². The van der Waals surface area contributed by atoms with Gasteiger partial charge in [0.05, 0.1) is 42.0 Å². The zero-order chi connectivity index (χ0) is 36.2. The summed E-state index contributed by atoms with van der Waals surface area (Å²) in [4.78, 5) is 44.0. The Bertz CT molecular complexity index is 1680. The molecule has 3 unspecified atom stereocenters. The molecule has 17 heteroatoms. The molecule has 0 spiro atoms. The Morgan fingerprint density at radius 2 is 1.13 bits per heavy atom. The molecule has 0 radical (unpaired) electrons. The number of carbonyl (C=O) groups excluding carboxylic acids is 2. The number of benzene rings is 3. The number of halogens is 2. The first-order chi connectivity index (χ1) is 23.1. The van der Waals surface area contributed by atoms with Gasteiger partial charge in [-0.2, -0.15) is 9.90 Å². The first kappa shape index (κ1) is 59.4. The summed E-state index contributed by atoms with van der Waals surface area (Å²) in [6.45, 7) is 21.2. The maximum atomic E-state index is 11.5. The number of methoxy groups -OCH3 is 2. The van der Waals surface area contributed by atoms with Crippen molar-refractivity contribution in [3.8, 4) is 0 Å². The van der Waals surface area contributed by atoms with Crippen molar-refractivity contribution in [2.24, 2.45) is 0 Å². The first-order valence-electron chi connectivity index (χ1n) is 14.4. The molecule has 0 aliphatic heterocycles. The molecule has 3 aromatic carbocycles. The van der Waals surface area contributed by atoms with Crippen LogP contribution in [0.25, 0.3) is 14.5 Å². The number of nitrogens with zero attached hydrogens (tertiary/aromatic N) is 3. The summed E-state index contributed by atoms with van der Waals surface area (Å²) in [7, 11) is 7.35. The summed E-state index contributed by atoms with van der Waals surface area (Å²) >= 11 is 8.26. The van der Waals surface area contributed by atoms with E-state index in [1.165, 1.54) is 14.2 Å². The minimum Gasteiger partial charge on any atom is -0.870 e.